The summed E-state index contributed by atoms with van der Waals surface area (Å²) in [5, 5.41) is 13.9. The third-order valence-corrected chi connectivity index (χ3v) is 10.5. The number of likely N-dealkylation sites (tertiary alicyclic amines) is 1. The molecule has 0 radical (unpaired) electrons. The van der Waals surface area contributed by atoms with Crippen LogP contribution in [0.4, 0.5) is 0 Å². The van der Waals surface area contributed by atoms with Crippen molar-refractivity contribution < 1.29 is 33.8 Å². The summed E-state index contributed by atoms with van der Waals surface area (Å²) in [6, 6.07) is 25.8. The molecule has 264 valence electrons. The summed E-state index contributed by atoms with van der Waals surface area (Å²) in [4.78, 5) is 60.6. The van der Waals surface area contributed by atoms with E-state index in [4.69, 9.17) is 9.47 Å². The number of esters is 1. The molecule has 1 spiro atoms. The minimum Gasteiger partial charge on any atom is -0.455 e. The van der Waals surface area contributed by atoms with Crippen LogP contribution >= 0.6 is 0 Å². The van der Waals surface area contributed by atoms with Gasteiger partial charge in [0.05, 0.1) is 30.7 Å². The van der Waals surface area contributed by atoms with Gasteiger partial charge >= 0.3 is 5.97 Å². The van der Waals surface area contributed by atoms with E-state index in [1.807, 2.05) is 103 Å². The Morgan fingerprint density at radius 2 is 1.55 bits per heavy atom. The van der Waals surface area contributed by atoms with Crippen molar-refractivity contribution in [3.05, 3.63) is 132 Å². The number of hydrogen-bond acceptors (Lipinski definition) is 7. The minimum atomic E-state index is -1.46. The predicted molar refractivity (Wildman–Crippen MR) is 188 cm³/mol. The number of nitrogens with zero attached hydrogens (tertiary/aromatic N) is 2. The summed E-state index contributed by atoms with van der Waals surface area (Å²) in [6.07, 6.45) is 6.56. The van der Waals surface area contributed by atoms with Crippen molar-refractivity contribution in [1.82, 2.24) is 15.1 Å². The second kappa shape index (κ2) is 14.7. The number of amides is 3. The molecule has 2 saturated heterocycles. The van der Waals surface area contributed by atoms with Crippen molar-refractivity contribution in [1.29, 1.82) is 0 Å². The minimum absolute atomic E-state index is 0.200. The summed E-state index contributed by atoms with van der Waals surface area (Å²) in [5.41, 5.74) is 1.02. The van der Waals surface area contributed by atoms with E-state index in [9.17, 15) is 19.5 Å². The number of hydrogen-bond donors (Lipinski definition) is 2. The van der Waals surface area contributed by atoms with Crippen molar-refractivity contribution in [2.75, 3.05) is 13.2 Å². The van der Waals surface area contributed by atoms with Crippen LogP contribution in [0, 0.1) is 11.8 Å². The Morgan fingerprint density at radius 1 is 0.882 bits per heavy atom. The molecule has 3 aromatic rings. The second-order valence-electron chi connectivity index (χ2n) is 13.8. The van der Waals surface area contributed by atoms with Gasteiger partial charge in [-0.15, -0.1) is 0 Å². The lowest BCUT2D eigenvalue weighted by Crippen LogP contribution is -2.58. The van der Waals surface area contributed by atoms with Crippen LogP contribution in [0.1, 0.15) is 42.6 Å². The largest absolute Gasteiger partial charge is 0.455 e. The quantitative estimate of drug-likeness (QED) is 0.285. The number of cyclic esters (lactones) is 1. The lowest BCUT2D eigenvalue weighted by atomic mass is 9.74. The van der Waals surface area contributed by atoms with E-state index < -0.39 is 66.3 Å². The van der Waals surface area contributed by atoms with Crippen LogP contribution in [-0.4, -0.2) is 81.6 Å². The van der Waals surface area contributed by atoms with E-state index in [-0.39, 0.29) is 31.3 Å². The maximum absolute atomic E-state index is 15.1. The number of carbonyl (C=O) groups is 4. The Bertz CT molecular complexity index is 1800. The average Bonchev–Trinajstić information content (AvgIpc) is 3.80. The van der Waals surface area contributed by atoms with Crippen LogP contribution in [0.15, 0.2) is 115 Å². The van der Waals surface area contributed by atoms with E-state index in [2.05, 4.69) is 5.32 Å². The van der Waals surface area contributed by atoms with Gasteiger partial charge in [0.25, 0.3) is 0 Å². The van der Waals surface area contributed by atoms with Gasteiger partial charge in [0.15, 0.2) is 0 Å². The molecule has 4 heterocycles. The van der Waals surface area contributed by atoms with Crippen LogP contribution in [0.25, 0.3) is 0 Å². The zero-order chi connectivity index (χ0) is 35.5. The van der Waals surface area contributed by atoms with Crippen molar-refractivity contribution >= 4 is 23.7 Å². The molecule has 10 heteroatoms. The molecule has 3 aromatic carbocycles. The smallest absolute Gasteiger partial charge is 0.313 e. The highest BCUT2D eigenvalue weighted by molar-refractivity contribution is 5.99. The molecule has 0 unspecified atom stereocenters. The van der Waals surface area contributed by atoms with Crippen molar-refractivity contribution in [2.24, 2.45) is 11.8 Å². The number of benzene rings is 3. The fourth-order valence-electron chi connectivity index (χ4n) is 8.14. The first-order valence-electron chi connectivity index (χ1n) is 17.7. The highest BCUT2D eigenvalue weighted by atomic mass is 16.6. The van der Waals surface area contributed by atoms with Crippen molar-refractivity contribution in [3.63, 3.8) is 0 Å². The molecule has 2 fully saturated rings. The Labute approximate surface area is 297 Å². The summed E-state index contributed by atoms with van der Waals surface area (Å²) in [7, 11) is 0. The van der Waals surface area contributed by atoms with Gasteiger partial charge in [-0.05, 0) is 36.5 Å². The molecule has 2 N–H and O–H groups in total. The Hall–Kier alpha value is -5.06. The highest BCUT2D eigenvalue weighted by Crippen LogP contribution is 2.56. The maximum Gasteiger partial charge on any atom is 0.313 e. The van der Waals surface area contributed by atoms with Crippen molar-refractivity contribution in [2.45, 2.75) is 68.7 Å². The summed E-state index contributed by atoms with van der Waals surface area (Å²) in [6.45, 7) is 1.85. The predicted octanol–water partition coefficient (Wildman–Crippen LogP) is 3.91. The zero-order valence-corrected chi connectivity index (χ0v) is 28.5. The molecule has 3 amide bonds. The molecule has 0 aliphatic carbocycles. The molecule has 0 saturated carbocycles. The third-order valence-electron chi connectivity index (χ3n) is 10.5. The van der Waals surface area contributed by atoms with Crippen LogP contribution in [0.2, 0.25) is 0 Å². The normalized spacial score (nSPS) is 30.5. The first-order chi connectivity index (χ1) is 24.8. The SMILES string of the molecule is C[C@H]1NC(=O)CC/C=C\CN(Cc2ccccc2)C(=O)[C@@H]2N([C@@H](CO)Cc3ccccc3)C(=O)[C@H]3[C@H](C(=O)O[C@@H]1c1ccccc1)[C@@H]1C=C[C@]23O1. The van der Waals surface area contributed by atoms with E-state index in [1.54, 1.807) is 24.0 Å². The molecule has 4 aliphatic heterocycles. The molecule has 8 atom stereocenters. The number of allylic oxidation sites excluding steroid dienone is 1. The van der Waals surface area contributed by atoms with Crippen LogP contribution in [0.3, 0.4) is 0 Å². The molecule has 7 rings (SSSR count). The van der Waals surface area contributed by atoms with Gasteiger partial charge in [-0.2, -0.15) is 0 Å². The fraction of sp³-hybridized carbons (Fsp3) is 0.366. The van der Waals surface area contributed by atoms with Gasteiger partial charge in [0, 0.05) is 19.5 Å². The summed E-state index contributed by atoms with van der Waals surface area (Å²) < 4.78 is 12.9. The molecule has 4 aliphatic rings. The molecule has 5 bridgehead atoms. The van der Waals surface area contributed by atoms with Gasteiger partial charge in [0.2, 0.25) is 17.7 Å². The van der Waals surface area contributed by atoms with E-state index >= 15 is 4.79 Å². The average molecular weight is 690 g/mol. The van der Waals surface area contributed by atoms with Crippen LogP contribution in [0.5, 0.6) is 0 Å². The number of aliphatic hydroxyl groups excluding tert-OH is 1. The number of rotatable bonds is 7. The zero-order valence-electron chi connectivity index (χ0n) is 28.5. The third kappa shape index (κ3) is 6.61. The number of carbonyl (C=O) groups excluding carboxylic acids is 4. The molecule has 51 heavy (non-hydrogen) atoms. The van der Waals surface area contributed by atoms with E-state index in [0.717, 1.165) is 11.1 Å². The molecule has 10 nitrogen and oxygen atoms in total. The van der Waals surface area contributed by atoms with Gasteiger partial charge in [-0.3, -0.25) is 19.2 Å². The van der Waals surface area contributed by atoms with E-state index in [0.29, 0.717) is 18.4 Å². The molecule has 0 aromatic heterocycles. The van der Waals surface area contributed by atoms with Crippen LogP contribution in [-0.2, 0) is 41.6 Å². The van der Waals surface area contributed by atoms with Gasteiger partial charge in [-0.25, -0.2) is 0 Å². The monoisotopic (exact) mass is 689 g/mol. The first kappa shape index (κ1) is 34.4. The Balaban J connectivity index is 1.32. The van der Waals surface area contributed by atoms with Gasteiger partial charge < -0.3 is 29.7 Å². The standard InChI is InChI=1S/C41H43N3O7/c1-27-36(30-18-10-4-11-19-30)50-40(49)34-32-21-22-41(51-32)35(34)38(47)44(31(26-45)24-28-14-6-2-7-15-28)37(41)39(48)43(25-29-16-8-3-9-17-29)23-13-5-12-20-33(46)42-27/h2-11,13-19,21-22,27,31-32,34-37,45H,12,20,23-26H2,1H3,(H,42,46)/b13-5-/t27-,31-,32+,34-,35-,36+,37+,41-/m1/s1. The molecular weight excluding hydrogens is 646 g/mol. The number of nitrogens with one attached hydrogen (secondary N) is 1. The Kier molecular flexibility index (Phi) is 9.88. The van der Waals surface area contributed by atoms with Crippen LogP contribution < -0.4 is 5.32 Å². The van der Waals surface area contributed by atoms with Crippen molar-refractivity contribution in [3.8, 4) is 0 Å². The summed E-state index contributed by atoms with van der Waals surface area (Å²) >= 11 is 0. The van der Waals surface area contributed by atoms with Gasteiger partial charge in [0.1, 0.15) is 23.7 Å². The second-order valence-corrected chi connectivity index (χ2v) is 13.8. The summed E-state index contributed by atoms with van der Waals surface area (Å²) in [5.74, 6) is -3.76. The first-order valence-corrected chi connectivity index (χ1v) is 17.7. The maximum atomic E-state index is 15.1. The topological polar surface area (TPSA) is 125 Å². The number of fused-ring (bicyclic) bond motifs is 2. The number of aliphatic hydroxyl groups is 1. The highest BCUT2D eigenvalue weighted by Gasteiger charge is 2.74. The number of ether oxygens (including phenoxy) is 2. The van der Waals surface area contributed by atoms with E-state index in [1.165, 1.54) is 4.90 Å². The lowest BCUT2D eigenvalue weighted by Gasteiger charge is -2.39. The lowest BCUT2D eigenvalue weighted by molar-refractivity contribution is -0.162. The fourth-order valence-corrected chi connectivity index (χ4v) is 8.14. The molecular formula is C41H43N3O7. The Morgan fingerprint density at radius 3 is 2.24 bits per heavy atom. The van der Waals surface area contributed by atoms with Gasteiger partial charge in [-0.1, -0.05) is 115 Å².